The van der Waals surface area contributed by atoms with Crippen molar-refractivity contribution in [2.24, 2.45) is 11.6 Å². The fraction of sp³-hybridized carbons (Fsp3) is 0.700. The Morgan fingerprint density at radius 2 is 2.04 bits per heavy atom. The van der Waals surface area contributed by atoms with Gasteiger partial charge < -0.3 is 10.6 Å². The van der Waals surface area contributed by atoms with Crippen molar-refractivity contribution in [3.63, 3.8) is 0 Å². The number of piperidine rings is 1. The lowest BCUT2D eigenvalue weighted by molar-refractivity contribution is -0.149. The number of hydrogen-bond acceptors (Lipinski definition) is 8. The average molecular weight is 351 g/mol. The van der Waals surface area contributed by atoms with E-state index in [1.807, 2.05) is 0 Å². The van der Waals surface area contributed by atoms with Gasteiger partial charge in [0.2, 0.25) is 0 Å². The van der Waals surface area contributed by atoms with Gasteiger partial charge in [0.25, 0.3) is 11.8 Å². The van der Waals surface area contributed by atoms with Crippen LogP contribution >= 0.6 is 0 Å². The second kappa shape index (κ2) is 6.01. The molecular weight excluding hydrogens is 334 g/mol. The van der Waals surface area contributed by atoms with Gasteiger partial charge in [0, 0.05) is 6.54 Å². The number of nitrogens with zero attached hydrogens (tertiary/aromatic N) is 3. The van der Waals surface area contributed by atoms with E-state index in [2.05, 4.69) is 4.28 Å². The van der Waals surface area contributed by atoms with Crippen molar-refractivity contribution in [1.29, 1.82) is 0 Å². The van der Waals surface area contributed by atoms with Gasteiger partial charge in [-0.2, -0.15) is 13.5 Å². The maximum absolute atomic E-state index is 12.3. The summed E-state index contributed by atoms with van der Waals surface area (Å²) in [4.78, 5) is 37.1. The minimum Gasteiger partial charge on any atom is -0.320 e. The second-order valence-electron chi connectivity index (χ2n) is 5.35. The normalized spacial score (nSPS) is 25.5. The summed E-state index contributed by atoms with van der Waals surface area (Å²) < 4.78 is 34.5. The van der Waals surface area contributed by atoms with E-state index in [0.717, 1.165) is 4.90 Å². The summed E-state index contributed by atoms with van der Waals surface area (Å²) in [6.07, 6.45) is 0.384. The molecule has 0 aromatic carbocycles. The summed E-state index contributed by atoms with van der Waals surface area (Å²) in [6.45, 7) is 1.36. The van der Waals surface area contributed by atoms with Gasteiger partial charge in [0.05, 0.1) is 12.1 Å². The van der Waals surface area contributed by atoms with Crippen LogP contribution in [0.15, 0.2) is 0 Å². The Kier molecular flexibility index (Phi) is 4.59. The molecule has 4 amide bonds. The van der Waals surface area contributed by atoms with Crippen LogP contribution in [0.4, 0.5) is 4.79 Å². The lowest BCUT2D eigenvalue weighted by Gasteiger charge is -2.31. The van der Waals surface area contributed by atoms with Gasteiger partial charge in [-0.1, -0.05) is 0 Å². The van der Waals surface area contributed by atoms with E-state index in [9.17, 15) is 22.8 Å². The SMILES string of the molecule is C[C@H](N)C(=O)N(N)C(=O)C1CCC2CN1C(=O)N2OS(=O)(=O)O. The third-order valence-electron chi connectivity index (χ3n) is 3.65. The van der Waals surface area contributed by atoms with Crippen molar-refractivity contribution in [3.8, 4) is 0 Å². The number of rotatable bonds is 4. The third kappa shape index (κ3) is 3.42. The highest BCUT2D eigenvalue weighted by Crippen LogP contribution is 2.31. The average Bonchev–Trinajstić information content (AvgIpc) is 2.69. The van der Waals surface area contributed by atoms with Crippen molar-refractivity contribution < 1.29 is 31.6 Å². The molecule has 2 aliphatic rings. The number of imide groups is 1. The van der Waals surface area contributed by atoms with Crippen LogP contribution in [0.1, 0.15) is 19.8 Å². The quantitative estimate of drug-likeness (QED) is 0.215. The van der Waals surface area contributed by atoms with Crippen LogP contribution in [-0.2, 0) is 24.3 Å². The topological polar surface area (TPSA) is 177 Å². The molecular formula is C10H17N5O7S. The van der Waals surface area contributed by atoms with E-state index in [1.165, 1.54) is 6.92 Å². The second-order valence-corrected chi connectivity index (χ2v) is 6.35. The third-order valence-corrected chi connectivity index (χ3v) is 4.00. The Hall–Kier alpha value is -1.80. The molecule has 2 aliphatic heterocycles. The molecule has 2 unspecified atom stereocenters. The van der Waals surface area contributed by atoms with E-state index in [-0.39, 0.29) is 19.4 Å². The fourth-order valence-corrected chi connectivity index (χ4v) is 2.97. The smallest absolute Gasteiger partial charge is 0.320 e. The van der Waals surface area contributed by atoms with Crippen LogP contribution in [0.5, 0.6) is 0 Å². The molecule has 5 N–H and O–H groups in total. The highest BCUT2D eigenvalue weighted by Gasteiger charge is 2.50. The number of carbonyl (C=O) groups excluding carboxylic acids is 3. The van der Waals surface area contributed by atoms with Crippen molar-refractivity contribution >= 4 is 28.2 Å². The highest BCUT2D eigenvalue weighted by atomic mass is 32.3. The lowest BCUT2D eigenvalue weighted by Crippen LogP contribution is -2.57. The molecule has 23 heavy (non-hydrogen) atoms. The van der Waals surface area contributed by atoms with E-state index < -0.39 is 46.4 Å². The molecule has 2 fully saturated rings. The molecule has 12 nitrogen and oxygen atoms in total. The summed E-state index contributed by atoms with van der Waals surface area (Å²) in [6, 6.07) is -3.58. The zero-order valence-corrected chi connectivity index (χ0v) is 13.0. The van der Waals surface area contributed by atoms with Crippen LogP contribution in [0.25, 0.3) is 0 Å². The van der Waals surface area contributed by atoms with Gasteiger partial charge >= 0.3 is 16.4 Å². The van der Waals surface area contributed by atoms with Gasteiger partial charge in [-0.15, -0.1) is 4.28 Å². The van der Waals surface area contributed by atoms with Gasteiger partial charge in [0.15, 0.2) is 0 Å². The summed E-state index contributed by atoms with van der Waals surface area (Å²) in [5.41, 5.74) is 5.37. The Bertz CT molecular complexity index is 636. The molecule has 0 aliphatic carbocycles. The van der Waals surface area contributed by atoms with Crippen LogP contribution < -0.4 is 11.6 Å². The Labute approximate surface area is 131 Å². The maximum atomic E-state index is 12.3. The van der Waals surface area contributed by atoms with Crippen LogP contribution in [-0.4, -0.2) is 70.5 Å². The van der Waals surface area contributed by atoms with Crippen molar-refractivity contribution in [2.45, 2.75) is 37.9 Å². The molecule has 0 aromatic heterocycles. The molecule has 3 atom stereocenters. The van der Waals surface area contributed by atoms with Gasteiger partial charge in [-0.05, 0) is 19.8 Å². The number of hydrogen-bond donors (Lipinski definition) is 3. The van der Waals surface area contributed by atoms with Crippen molar-refractivity contribution in [2.75, 3.05) is 6.54 Å². The van der Waals surface area contributed by atoms with Crippen LogP contribution in [0, 0.1) is 0 Å². The van der Waals surface area contributed by atoms with Gasteiger partial charge in [-0.25, -0.2) is 15.6 Å². The largest absolute Gasteiger partial charge is 0.418 e. The number of urea groups is 1. The minimum atomic E-state index is -4.87. The molecule has 13 heteroatoms. The summed E-state index contributed by atoms with van der Waals surface area (Å²) >= 11 is 0. The Balaban J connectivity index is 2.15. The van der Waals surface area contributed by atoms with E-state index >= 15 is 0 Å². The lowest BCUT2D eigenvalue weighted by atomic mass is 10.00. The zero-order chi connectivity index (χ0) is 17.5. The Morgan fingerprint density at radius 1 is 1.43 bits per heavy atom. The predicted octanol–water partition coefficient (Wildman–Crippen LogP) is -2.43. The van der Waals surface area contributed by atoms with Gasteiger partial charge in [0.1, 0.15) is 6.04 Å². The van der Waals surface area contributed by atoms with Crippen LogP contribution in [0.2, 0.25) is 0 Å². The molecule has 0 aromatic rings. The maximum Gasteiger partial charge on any atom is 0.418 e. The molecule has 0 radical (unpaired) electrons. The highest BCUT2D eigenvalue weighted by molar-refractivity contribution is 7.80. The molecule has 0 saturated carbocycles. The summed E-state index contributed by atoms with van der Waals surface area (Å²) in [5, 5.41) is 0.853. The monoisotopic (exact) mass is 351 g/mol. The first kappa shape index (κ1) is 17.6. The molecule has 130 valence electrons. The first-order valence-corrected chi connectivity index (χ1v) is 8.04. The van der Waals surface area contributed by atoms with Gasteiger partial charge in [-0.3, -0.25) is 14.1 Å². The first-order chi connectivity index (χ1) is 10.5. The standard InChI is InChI=1S/C10H17N5O7S/c1-5(11)8(16)14(12)9(17)7-3-2-6-4-13(7)10(18)15(6)22-23(19,20)21/h5-7H,2-4,11-12H2,1H3,(H,19,20,21)/t5-,6?,7?/m0/s1. The number of nitrogens with two attached hydrogens (primary N) is 2. The van der Waals surface area contributed by atoms with Crippen molar-refractivity contribution in [1.82, 2.24) is 15.0 Å². The van der Waals surface area contributed by atoms with Crippen LogP contribution in [0.3, 0.4) is 0 Å². The van der Waals surface area contributed by atoms with E-state index in [0.29, 0.717) is 10.1 Å². The number of hydroxylamine groups is 2. The first-order valence-electron chi connectivity index (χ1n) is 6.68. The summed E-state index contributed by atoms with van der Waals surface area (Å²) in [5.74, 6) is 3.80. The fourth-order valence-electron chi connectivity index (χ4n) is 2.58. The molecule has 2 heterocycles. The number of hydrazine groups is 1. The zero-order valence-electron chi connectivity index (χ0n) is 12.2. The predicted molar refractivity (Wildman–Crippen MR) is 73.1 cm³/mol. The summed E-state index contributed by atoms with van der Waals surface area (Å²) in [7, 11) is -4.87. The van der Waals surface area contributed by atoms with E-state index in [4.69, 9.17) is 16.1 Å². The molecule has 2 rings (SSSR count). The molecule has 2 saturated heterocycles. The number of fused-ring (bicyclic) bond motifs is 2. The van der Waals surface area contributed by atoms with E-state index in [1.54, 1.807) is 0 Å². The number of amides is 4. The minimum absolute atomic E-state index is 0.00493. The molecule has 0 spiro atoms. The number of carbonyl (C=O) groups is 3. The Morgan fingerprint density at radius 3 is 2.57 bits per heavy atom. The van der Waals surface area contributed by atoms with Crippen molar-refractivity contribution in [3.05, 3.63) is 0 Å². The molecule has 2 bridgehead atoms.